The second-order valence-corrected chi connectivity index (χ2v) is 3.18. The minimum absolute atomic E-state index is 0.0446. The molecular formula is C7H7BrF2N2O. The third-order valence-corrected chi connectivity index (χ3v) is 2.25. The van der Waals surface area contributed by atoms with Crippen LogP contribution in [0.1, 0.15) is 17.6 Å². The molecule has 0 bridgehead atoms. The van der Waals surface area contributed by atoms with Gasteiger partial charge in [0.15, 0.2) is 0 Å². The summed E-state index contributed by atoms with van der Waals surface area (Å²) in [5, 5.41) is 0. The fourth-order valence-electron chi connectivity index (χ4n) is 0.977. The topological polar surface area (TPSA) is 58.9 Å². The van der Waals surface area contributed by atoms with Gasteiger partial charge in [0, 0.05) is 23.7 Å². The minimum Gasteiger partial charge on any atom is -0.326 e. The molecule has 0 aromatic carbocycles. The number of pyridine rings is 1. The molecule has 72 valence electrons. The average Bonchev–Trinajstić information content (AvgIpc) is 2.02. The van der Waals surface area contributed by atoms with Crippen LogP contribution in [-0.2, 0) is 6.54 Å². The summed E-state index contributed by atoms with van der Waals surface area (Å²) in [5.41, 5.74) is 4.59. The van der Waals surface area contributed by atoms with Gasteiger partial charge in [-0.3, -0.25) is 4.79 Å². The molecule has 0 fully saturated rings. The smallest absolute Gasteiger partial charge is 0.264 e. The van der Waals surface area contributed by atoms with E-state index in [0.29, 0.717) is 0 Å². The number of hydrogen-bond donors (Lipinski definition) is 2. The first kappa shape index (κ1) is 10.3. The summed E-state index contributed by atoms with van der Waals surface area (Å²) in [6.07, 6.45) is -2.68. The molecule has 0 spiro atoms. The van der Waals surface area contributed by atoms with Crippen LogP contribution < -0.4 is 11.3 Å². The number of aromatic nitrogens is 1. The van der Waals surface area contributed by atoms with Crippen molar-refractivity contribution in [1.82, 2.24) is 4.98 Å². The molecular weight excluding hydrogens is 246 g/mol. The molecule has 3 nitrogen and oxygen atoms in total. The maximum absolute atomic E-state index is 12.3. The highest BCUT2D eigenvalue weighted by atomic mass is 79.9. The van der Waals surface area contributed by atoms with Crippen molar-refractivity contribution in [3.8, 4) is 0 Å². The van der Waals surface area contributed by atoms with Crippen molar-refractivity contribution >= 4 is 15.9 Å². The van der Waals surface area contributed by atoms with Gasteiger partial charge in [-0.25, -0.2) is 8.78 Å². The van der Waals surface area contributed by atoms with Gasteiger partial charge in [-0.15, -0.1) is 0 Å². The Balaban J connectivity index is 3.38. The Hall–Kier alpha value is -0.750. The molecule has 0 aliphatic heterocycles. The van der Waals surface area contributed by atoms with Gasteiger partial charge in [-0.1, -0.05) is 0 Å². The van der Waals surface area contributed by atoms with Crippen LogP contribution in [0, 0.1) is 0 Å². The Morgan fingerprint density at radius 2 is 2.23 bits per heavy atom. The van der Waals surface area contributed by atoms with Crippen LogP contribution >= 0.6 is 15.9 Å². The second-order valence-electron chi connectivity index (χ2n) is 2.39. The van der Waals surface area contributed by atoms with Crippen LogP contribution in [-0.4, -0.2) is 4.98 Å². The zero-order valence-corrected chi connectivity index (χ0v) is 8.07. The Labute approximate surface area is 81.1 Å². The van der Waals surface area contributed by atoms with E-state index in [0.717, 1.165) is 6.07 Å². The summed E-state index contributed by atoms with van der Waals surface area (Å²) in [5.74, 6) is 0. The molecule has 0 atom stereocenters. The van der Waals surface area contributed by atoms with Gasteiger partial charge in [0.1, 0.15) is 0 Å². The van der Waals surface area contributed by atoms with Crippen LogP contribution in [0.15, 0.2) is 15.5 Å². The fourth-order valence-corrected chi connectivity index (χ4v) is 1.56. The summed E-state index contributed by atoms with van der Waals surface area (Å²) < 4.78 is 24.9. The highest BCUT2D eigenvalue weighted by molar-refractivity contribution is 9.10. The summed E-state index contributed by atoms with van der Waals surface area (Å²) in [6, 6.07) is 0.859. The van der Waals surface area contributed by atoms with E-state index in [9.17, 15) is 13.6 Å². The van der Waals surface area contributed by atoms with E-state index in [1.807, 2.05) is 0 Å². The first-order valence-electron chi connectivity index (χ1n) is 3.46. The number of rotatable bonds is 2. The molecule has 0 amide bonds. The lowest BCUT2D eigenvalue weighted by Crippen LogP contribution is -2.13. The van der Waals surface area contributed by atoms with Gasteiger partial charge < -0.3 is 10.7 Å². The fraction of sp³-hybridized carbons (Fsp3) is 0.286. The van der Waals surface area contributed by atoms with Crippen molar-refractivity contribution < 1.29 is 8.78 Å². The van der Waals surface area contributed by atoms with Gasteiger partial charge in [-0.2, -0.15) is 0 Å². The highest BCUT2D eigenvalue weighted by Gasteiger charge is 2.15. The lowest BCUT2D eigenvalue weighted by Gasteiger charge is -2.07. The van der Waals surface area contributed by atoms with E-state index in [2.05, 4.69) is 20.9 Å². The van der Waals surface area contributed by atoms with Crippen LogP contribution in [0.3, 0.4) is 0 Å². The maximum Gasteiger partial charge on any atom is 0.264 e. The van der Waals surface area contributed by atoms with E-state index in [1.54, 1.807) is 0 Å². The standard InChI is InChI=1S/C7H7BrF2N2O/c8-6-4(2-11)3(7(9)10)1-5(13)12-6/h1,7H,2,11H2,(H,12,13). The molecule has 1 aromatic heterocycles. The first-order chi connectivity index (χ1) is 6.06. The molecule has 0 saturated carbocycles. The van der Waals surface area contributed by atoms with Crippen LogP contribution in [0.25, 0.3) is 0 Å². The van der Waals surface area contributed by atoms with Gasteiger partial charge in [0.2, 0.25) is 5.56 Å². The third kappa shape index (κ3) is 2.13. The molecule has 3 N–H and O–H groups in total. The number of hydrogen-bond acceptors (Lipinski definition) is 2. The monoisotopic (exact) mass is 252 g/mol. The quantitative estimate of drug-likeness (QED) is 0.785. The number of nitrogens with one attached hydrogen (secondary N) is 1. The number of H-pyrrole nitrogens is 1. The zero-order chi connectivity index (χ0) is 10.0. The van der Waals surface area contributed by atoms with Crippen LogP contribution in [0.2, 0.25) is 0 Å². The summed E-state index contributed by atoms with van der Waals surface area (Å²) in [4.78, 5) is 13.2. The SMILES string of the molecule is NCc1c(C(F)F)cc(=O)[nH]c1Br. The molecule has 13 heavy (non-hydrogen) atoms. The summed E-state index contributed by atoms with van der Waals surface area (Å²) in [7, 11) is 0. The number of alkyl halides is 2. The lowest BCUT2D eigenvalue weighted by atomic mass is 10.1. The third-order valence-electron chi connectivity index (χ3n) is 1.57. The Morgan fingerprint density at radius 3 is 2.69 bits per heavy atom. The molecule has 0 radical (unpaired) electrons. The molecule has 0 aliphatic carbocycles. The average molecular weight is 253 g/mol. The molecule has 6 heteroatoms. The van der Waals surface area contributed by atoms with Crippen LogP contribution in [0.5, 0.6) is 0 Å². The minimum atomic E-state index is -2.68. The maximum atomic E-state index is 12.3. The number of aromatic amines is 1. The van der Waals surface area contributed by atoms with E-state index < -0.39 is 12.0 Å². The van der Waals surface area contributed by atoms with E-state index in [-0.39, 0.29) is 22.3 Å². The normalized spacial score (nSPS) is 10.8. The van der Waals surface area contributed by atoms with Crippen molar-refractivity contribution in [1.29, 1.82) is 0 Å². The Morgan fingerprint density at radius 1 is 1.62 bits per heavy atom. The van der Waals surface area contributed by atoms with Crippen LogP contribution in [0.4, 0.5) is 8.78 Å². The van der Waals surface area contributed by atoms with E-state index in [1.165, 1.54) is 0 Å². The molecule has 0 unspecified atom stereocenters. The van der Waals surface area contributed by atoms with Gasteiger partial charge in [0.05, 0.1) is 4.60 Å². The van der Waals surface area contributed by atoms with E-state index in [4.69, 9.17) is 5.73 Å². The van der Waals surface area contributed by atoms with Gasteiger partial charge in [0.25, 0.3) is 6.43 Å². The van der Waals surface area contributed by atoms with Crippen molar-refractivity contribution in [2.24, 2.45) is 5.73 Å². The largest absolute Gasteiger partial charge is 0.326 e. The molecule has 1 heterocycles. The second kappa shape index (κ2) is 3.97. The lowest BCUT2D eigenvalue weighted by molar-refractivity contribution is 0.150. The first-order valence-corrected chi connectivity index (χ1v) is 4.25. The highest BCUT2D eigenvalue weighted by Crippen LogP contribution is 2.24. The molecule has 1 rings (SSSR count). The van der Waals surface area contributed by atoms with Crippen molar-refractivity contribution in [2.45, 2.75) is 13.0 Å². The predicted molar refractivity (Wildman–Crippen MR) is 47.6 cm³/mol. The van der Waals surface area contributed by atoms with Gasteiger partial charge in [-0.05, 0) is 15.9 Å². The Kier molecular flexibility index (Phi) is 3.16. The van der Waals surface area contributed by atoms with Crippen molar-refractivity contribution in [2.75, 3.05) is 0 Å². The number of nitrogens with two attached hydrogens (primary N) is 1. The molecule has 0 saturated heterocycles. The molecule has 1 aromatic rings. The van der Waals surface area contributed by atoms with E-state index >= 15 is 0 Å². The molecule has 0 aliphatic rings. The summed E-state index contributed by atoms with van der Waals surface area (Å²) >= 11 is 2.96. The van der Waals surface area contributed by atoms with Crippen molar-refractivity contribution in [3.63, 3.8) is 0 Å². The Bertz CT molecular complexity index is 364. The van der Waals surface area contributed by atoms with Crippen molar-refractivity contribution in [3.05, 3.63) is 32.2 Å². The van der Waals surface area contributed by atoms with Gasteiger partial charge >= 0.3 is 0 Å². The predicted octanol–water partition coefficient (Wildman–Crippen LogP) is 1.53. The number of halogens is 3. The zero-order valence-electron chi connectivity index (χ0n) is 6.48. The summed E-state index contributed by atoms with van der Waals surface area (Å²) in [6.45, 7) is -0.0446.